The lowest BCUT2D eigenvalue weighted by Crippen LogP contribution is -2.24. The molecule has 0 N–H and O–H groups in total. The smallest absolute Gasteiger partial charge is 0.0708 e. The molecular weight excluding hydrogens is 811 g/mol. The third-order valence-electron chi connectivity index (χ3n) is 15.2. The van der Waals surface area contributed by atoms with Crippen LogP contribution in [0.2, 0.25) is 0 Å². The number of aromatic nitrogens is 3. The fraction of sp³-hybridized carbons (Fsp3) is 0.391. The van der Waals surface area contributed by atoms with Crippen molar-refractivity contribution in [2.45, 2.75) is 122 Å². The summed E-state index contributed by atoms with van der Waals surface area (Å²) < 4.78 is 97.6. The van der Waals surface area contributed by atoms with Gasteiger partial charge in [0.15, 0.2) is 0 Å². The molecule has 3 aromatic heterocycles. The van der Waals surface area contributed by atoms with Crippen molar-refractivity contribution < 1.29 is 13.7 Å². The summed E-state index contributed by atoms with van der Waals surface area (Å²) in [6.07, 6.45) is 1.81. The molecule has 0 radical (unpaired) electrons. The van der Waals surface area contributed by atoms with Crippen molar-refractivity contribution in [3.63, 3.8) is 0 Å². The van der Waals surface area contributed by atoms with Crippen molar-refractivity contribution in [2.75, 3.05) is 0 Å². The van der Waals surface area contributed by atoms with Crippen molar-refractivity contribution in [2.24, 2.45) is 35.5 Å². The van der Waals surface area contributed by atoms with Crippen LogP contribution in [-0.2, 0) is 38.5 Å². The standard InChI is InChI=1S/C64H69N3/c1-44-2-23-56(24-3-44)61-40-64-59-29-18-47(19-30-59)6-11-52-35-50-9-4-45-14-25-57(26-15-45)62-32-21-48(41-65-62)7-12-53-37-54(39-55(38-53)20-31-60(61)43-67-64)13-8-49-22-33-63(66-42-49)58-27-16-46(17-28-58)5-10-51(34-50)36-52/h2-3,14-19,21-30,32-33,40-43,50-55H,4-13,20,31,34-39H2,1H3/i6D2,9D2,11D2,12D2,20D2. The first-order valence-electron chi connectivity index (χ1n) is 29.9. The van der Waals surface area contributed by atoms with Crippen LogP contribution in [0, 0.1) is 42.4 Å². The van der Waals surface area contributed by atoms with Crippen LogP contribution in [0.4, 0.5) is 0 Å². The van der Waals surface area contributed by atoms with E-state index < -0.39 is 55.5 Å². The summed E-state index contributed by atoms with van der Waals surface area (Å²) in [5, 5.41) is 0. The molecule has 4 aromatic carbocycles. The lowest BCUT2D eigenvalue weighted by atomic mass is 9.70. The Morgan fingerprint density at radius 2 is 0.791 bits per heavy atom. The molecule has 23 aliphatic rings. The van der Waals surface area contributed by atoms with Gasteiger partial charge in [0.05, 0.1) is 17.1 Å². The lowest BCUT2D eigenvalue weighted by Gasteiger charge is -2.35. The van der Waals surface area contributed by atoms with Crippen LogP contribution in [0.25, 0.3) is 44.9 Å². The Morgan fingerprint density at radius 1 is 0.373 bits per heavy atom. The predicted octanol–water partition coefficient (Wildman–Crippen LogP) is 15.9. The maximum atomic E-state index is 9.98. The number of aryl methyl sites for hydroxylation is 7. The zero-order chi connectivity index (χ0) is 53.9. The first-order chi connectivity index (χ1) is 36.7. The Balaban J connectivity index is 1.04. The fourth-order valence-electron chi connectivity index (χ4n) is 11.3. The van der Waals surface area contributed by atoms with Gasteiger partial charge in [-0.3, -0.25) is 15.0 Å². The average molecular weight is 890 g/mol. The number of pyridine rings is 3. The van der Waals surface area contributed by atoms with Crippen LogP contribution in [0.1, 0.15) is 130 Å². The minimum absolute atomic E-state index is 0.0410. The van der Waals surface area contributed by atoms with E-state index in [2.05, 4.69) is 36.4 Å². The van der Waals surface area contributed by atoms with Crippen molar-refractivity contribution in [3.8, 4) is 44.9 Å². The highest BCUT2D eigenvalue weighted by atomic mass is 14.7. The van der Waals surface area contributed by atoms with Gasteiger partial charge in [-0.2, -0.15) is 0 Å². The van der Waals surface area contributed by atoms with Gasteiger partial charge in [-0.15, -0.1) is 0 Å². The van der Waals surface area contributed by atoms with Gasteiger partial charge >= 0.3 is 0 Å². The monoisotopic (exact) mass is 890 g/mol. The third-order valence-corrected chi connectivity index (χ3v) is 15.2. The first-order valence-corrected chi connectivity index (χ1v) is 24.9. The molecule has 0 spiro atoms. The Kier molecular flexibility index (Phi) is 10.2. The second-order valence-electron chi connectivity index (χ2n) is 20.1. The highest BCUT2D eigenvalue weighted by Crippen LogP contribution is 2.43. The van der Waals surface area contributed by atoms with E-state index in [-0.39, 0.29) is 43.1 Å². The van der Waals surface area contributed by atoms with Crippen molar-refractivity contribution in [1.29, 1.82) is 0 Å². The fourth-order valence-corrected chi connectivity index (χ4v) is 11.3. The molecule has 3 heteroatoms. The summed E-state index contributed by atoms with van der Waals surface area (Å²) in [5.41, 5.74) is 12.4. The van der Waals surface area contributed by atoms with Crippen LogP contribution in [0.5, 0.6) is 0 Å². The summed E-state index contributed by atoms with van der Waals surface area (Å²) in [6, 6.07) is 41.4. The van der Waals surface area contributed by atoms with Gasteiger partial charge in [-0.05, 0) is 220 Å². The van der Waals surface area contributed by atoms with E-state index in [1.807, 2.05) is 79.9 Å². The Morgan fingerprint density at radius 3 is 1.36 bits per heavy atom. The van der Waals surface area contributed by atoms with Crippen LogP contribution in [0.3, 0.4) is 0 Å². The van der Waals surface area contributed by atoms with Crippen LogP contribution < -0.4 is 0 Å². The number of hydrogen-bond donors (Lipinski definition) is 0. The van der Waals surface area contributed by atoms with E-state index in [1.165, 1.54) is 0 Å². The SMILES string of the molecule is [2H]C1([2H])Cc2ccc(nc2)-c2ccc(cc2)CC([2H])([2H])C2CC3CCc4ccc(cc4)-c4ccc(cn4)CCC4CC1CC(C4)C([2H])([2H])Cc1cnc(cc1-c1ccc(C)cc1)-c1ccc(cc1)C([2H])([2H])C([2H])([2H])C(C3)C2. The van der Waals surface area contributed by atoms with Crippen molar-refractivity contribution in [3.05, 3.63) is 185 Å². The number of nitrogens with zero attached hydrogens (tertiary/aromatic N) is 3. The summed E-state index contributed by atoms with van der Waals surface area (Å²) in [7, 11) is 0. The molecule has 2 fully saturated rings. The highest BCUT2D eigenvalue weighted by molar-refractivity contribution is 5.73. The van der Waals surface area contributed by atoms with Gasteiger partial charge in [0.1, 0.15) is 0 Å². The predicted molar refractivity (Wildman–Crippen MR) is 278 cm³/mol. The van der Waals surface area contributed by atoms with Gasteiger partial charge in [-0.25, -0.2) is 0 Å². The Bertz CT molecular complexity index is 3180. The van der Waals surface area contributed by atoms with Gasteiger partial charge in [0, 0.05) is 49.0 Å². The molecule has 0 saturated heterocycles. The molecule has 6 unspecified atom stereocenters. The first kappa shape index (κ1) is 33.7. The van der Waals surface area contributed by atoms with Gasteiger partial charge in [-0.1, -0.05) is 115 Å². The molecule has 9 aliphatic carbocycles. The van der Waals surface area contributed by atoms with Crippen molar-refractivity contribution in [1.82, 2.24) is 15.0 Å². The van der Waals surface area contributed by atoms with E-state index in [0.29, 0.717) is 43.4 Å². The van der Waals surface area contributed by atoms with Crippen molar-refractivity contribution >= 4 is 0 Å². The van der Waals surface area contributed by atoms with E-state index in [9.17, 15) is 13.7 Å². The Labute approximate surface area is 415 Å². The molecule has 0 amide bonds. The normalized spacial score (nSPS) is 29.4. The minimum Gasteiger partial charge on any atom is -0.256 e. The topological polar surface area (TPSA) is 38.7 Å². The van der Waals surface area contributed by atoms with Gasteiger partial charge < -0.3 is 0 Å². The van der Waals surface area contributed by atoms with E-state index >= 15 is 0 Å². The molecule has 14 aliphatic heterocycles. The highest BCUT2D eigenvalue weighted by Gasteiger charge is 2.30. The molecule has 6 atom stereocenters. The van der Waals surface area contributed by atoms with E-state index in [0.717, 1.165) is 92.7 Å². The molecule has 7 aromatic rings. The summed E-state index contributed by atoms with van der Waals surface area (Å²) in [6.45, 7) is 2.03. The molecule has 17 heterocycles. The second kappa shape index (κ2) is 20.3. The maximum Gasteiger partial charge on any atom is 0.0708 e. The zero-order valence-electron chi connectivity index (χ0n) is 48.9. The summed E-state index contributed by atoms with van der Waals surface area (Å²) in [4.78, 5) is 14.7. The lowest BCUT2D eigenvalue weighted by molar-refractivity contribution is 0.172. The number of hydrogen-bond acceptors (Lipinski definition) is 3. The molecule has 18 bridgehead atoms. The van der Waals surface area contributed by atoms with E-state index in [4.69, 9.17) is 15.0 Å². The molecular formula is C64H69N3. The molecule has 340 valence electrons. The quantitative estimate of drug-likeness (QED) is 0.165. The average Bonchev–Trinajstić information content (AvgIpc) is 3.44. The third kappa shape index (κ3) is 10.9. The molecule has 30 rings (SSSR count). The van der Waals surface area contributed by atoms with Crippen LogP contribution in [-0.4, -0.2) is 15.0 Å². The van der Waals surface area contributed by atoms with E-state index in [1.54, 1.807) is 36.7 Å². The molecule has 3 nitrogen and oxygen atoms in total. The maximum absolute atomic E-state index is 9.98. The van der Waals surface area contributed by atoms with Crippen LogP contribution in [0.15, 0.2) is 146 Å². The molecule has 2 saturated carbocycles. The summed E-state index contributed by atoms with van der Waals surface area (Å²) in [5.74, 6) is -2.11. The second-order valence-corrected chi connectivity index (χ2v) is 20.1. The van der Waals surface area contributed by atoms with Crippen LogP contribution >= 0.6 is 0 Å². The zero-order valence-corrected chi connectivity index (χ0v) is 38.9. The van der Waals surface area contributed by atoms with Gasteiger partial charge in [0.2, 0.25) is 0 Å². The Hall–Kier alpha value is -5.67. The number of rotatable bonds is 1. The van der Waals surface area contributed by atoms with Gasteiger partial charge in [0.25, 0.3) is 0 Å². The molecule has 67 heavy (non-hydrogen) atoms. The minimum atomic E-state index is -2.42. The largest absolute Gasteiger partial charge is 0.256 e. The number of benzene rings is 4. The summed E-state index contributed by atoms with van der Waals surface area (Å²) >= 11 is 0.